The Hall–Kier alpha value is -2.07. The van der Waals surface area contributed by atoms with Gasteiger partial charge in [0, 0.05) is 32.1 Å². The van der Waals surface area contributed by atoms with Gasteiger partial charge < -0.3 is 9.32 Å². The van der Waals surface area contributed by atoms with Gasteiger partial charge in [0.2, 0.25) is 5.78 Å². The summed E-state index contributed by atoms with van der Waals surface area (Å²) in [5.41, 5.74) is 1.20. The van der Waals surface area contributed by atoms with Crippen molar-refractivity contribution < 1.29 is 9.21 Å². The average molecular weight is 277 g/mol. The minimum absolute atomic E-state index is 0.192. The van der Waals surface area contributed by atoms with Gasteiger partial charge in [0.05, 0.1) is 11.8 Å². The van der Waals surface area contributed by atoms with Gasteiger partial charge in [-0.15, -0.1) is 0 Å². The molecule has 2 heterocycles. The quantitative estimate of drug-likeness (QED) is 0.489. The van der Waals surface area contributed by atoms with E-state index in [-0.39, 0.29) is 5.78 Å². The zero-order chi connectivity index (χ0) is 13.8. The van der Waals surface area contributed by atoms with Gasteiger partial charge in [-0.25, -0.2) is 4.98 Å². The molecule has 0 amide bonds. The van der Waals surface area contributed by atoms with Gasteiger partial charge in [0.25, 0.3) is 0 Å². The third-order valence-electron chi connectivity index (χ3n) is 2.42. The summed E-state index contributed by atoms with van der Waals surface area (Å²) >= 11 is 5.76. The molecule has 0 spiro atoms. The molecule has 0 aliphatic rings. The van der Waals surface area contributed by atoms with Gasteiger partial charge in [-0.1, -0.05) is 11.6 Å². The van der Waals surface area contributed by atoms with Crippen molar-refractivity contribution in [3.05, 3.63) is 59.4 Å². The van der Waals surface area contributed by atoms with Crippen LogP contribution < -0.4 is 0 Å². The number of Topliss-reactive ketones (excluding diaryl/α,β-unsaturated/α-hetero) is 1. The molecule has 0 aliphatic carbocycles. The number of rotatable bonds is 4. The van der Waals surface area contributed by atoms with E-state index < -0.39 is 0 Å². The van der Waals surface area contributed by atoms with Gasteiger partial charge in [-0.3, -0.25) is 4.79 Å². The molecule has 0 saturated carbocycles. The Morgan fingerprint density at radius 1 is 1.37 bits per heavy atom. The second kappa shape index (κ2) is 5.71. The highest BCUT2D eigenvalue weighted by Crippen LogP contribution is 2.21. The smallest absolute Gasteiger partial charge is 0.230 e. The van der Waals surface area contributed by atoms with Crippen LogP contribution in [0.25, 0.3) is 5.57 Å². The lowest BCUT2D eigenvalue weighted by molar-refractivity contribution is 0.103. The summed E-state index contributed by atoms with van der Waals surface area (Å²) in [4.78, 5) is 18.2. The summed E-state index contributed by atoms with van der Waals surface area (Å²) in [7, 11) is 3.69. The minimum Gasteiger partial charge on any atom is -0.461 e. The maximum absolute atomic E-state index is 12.4. The molecule has 0 fully saturated rings. The van der Waals surface area contributed by atoms with Crippen molar-refractivity contribution in [1.82, 2.24) is 9.88 Å². The number of hydrogen-bond donors (Lipinski definition) is 0. The number of carbonyl (C=O) groups is 1. The second-order valence-corrected chi connectivity index (χ2v) is 4.57. The van der Waals surface area contributed by atoms with Crippen molar-refractivity contribution in [1.29, 1.82) is 0 Å². The SMILES string of the molecule is CN(C)C=C(C(=O)c1ccco1)c1ccc(Cl)nc1. The Labute approximate surface area is 116 Å². The lowest BCUT2D eigenvalue weighted by atomic mass is 10.0. The number of furan rings is 1. The standard InChI is InChI=1S/C14H13ClN2O2/c1-17(2)9-11(10-5-6-13(15)16-8-10)14(18)12-4-3-7-19-12/h3-9H,1-2H3. The molecular formula is C14H13ClN2O2. The summed E-state index contributed by atoms with van der Waals surface area (Å²) in [6, 6.07) is 6.72. The highest BCUT2D eigenvalue weighted by Gasteiger charge is 2.17. The van der Waals surface area contributed by atoms with Crippen LogP contribution in [0.1, 0.15) is 16.1 Å². The van der Waals surface area contributed by atoms with Crippen molar-refractivity contribution in [3.8, 4) is 0 Å². The van der Waals surface area contributed by atoms with Crippen LogP contribution in [0.2, 0.25) is 5.15 Å². The molecule has 0 N–H and O–H groups in total. The fourth-order valence-corrected chi connectivity index (χ4v) is 1.71. The van der Waals surface area contributed by atoms with E-state index in [1.165, 1.54) is 6.26 Å². The van der Waals surface area contributed by atoms with E-state index in [1.807, 2.05) is 14.1 Å². The van der Waals surface area contributed by atoms with Crippen LogP contribution >= 0.6 is 11.6 Å². The van der Waals surface area contributed by atoms with Crippen LogP contribution in [0.4, 0.5) is 0 Å². The van der Waals surface area contributed by atoms with Crippen LogP contribution in [-0.4, -0.2) is 29.8 Å². The summed E-state index contributed by atoms with van der Waals surface area (Å²) in [6.45, 7) is 0. The molecule has 5 heteroatoms. The number of nitrogens with zero attached hydrogens (tertiary/aromatic N) is 2. The fourth-order valence-electron chi connectivity index (χ4n) is 1.60. The first kappa shape index (κ1) is 13.4. The third-order valence-corrected chi connectivity index (χ3v) is 2.64. The molecule has 19 heavy (non-hydrogen) atoms. The summed E-state index contributed by atoms with van der Waals surface area (Å²) in [5.74, 6) is 0.103. The van der Waals surface area contributed by atoms with Gasteiger partial charge >= 0.3 is 0 Å². The first-order valence-electron chi connectivity index (χ1n) is 5.66. The molecule has 2 aromatic rings. The second-order valence-electron chi connectivity index (χ2n) is 4.18. The molecule has 4 nitrogen and oxygen atoms in total. The number of carbonyl (C=O) groups excluding carboxylic acids is 1. The van der Waals surface area contributed by atoms with Gasteiger partial charge in [0.15, 0.2) is 5.76 Å². The number of hydrogen-bond acceptors (Lipinski definition) is 4. The minimum atomic E-state index is -0.192. The van der Waals surface area contributed by atoms with E-state index in [0.717, 1.165) is 0 Å². The van der Waals surface area contributed by atoms with Crippen LogP contribution in [0, 0.1) is 0 Å². The van der Waals surface area contributed by atoms with E-state index >= 15 is 0 Å². The molecule has 0 bridgehead atoms. The predicted octanol–water partition coefficient (Wildman–Crippen LogP) is 3.11. The van der Waals surface area contributed by atoms with Crippen molar-refractivity contribution in [2.45, 2.75) is 0 Å². The molecule has 0 atom stereocenters. The number of ketones is 1. The number of aromatic nitrogens is 1. The molecule has 98 valence electrons. The zero-order valence-electron chi connectivity index (χ0n) is 10.6. The van der Waals surface area contributed by atoms with Crippen LogP contribution in [0.15, 0.2) is 47.3 Å². The van der Waals surface area contributed by atoms with Crippen LogP contribution in [0.5, 0.6) is 0 Å². The predicted molar refractivity (Wildman–Crippen MR) is 73.9 cm³/mol. The molecular weight excluding hydrogens is 264 g/mol. The van der Waals surface area contributed by atoms with Crippen molar-refractivity contribution in [2.24, 2.45) is 0 Å². The molecule has 2 aromatic heterocycles. The average Bonchev–Trinajstić information content (AvgIpc) is 2.90. The zero-order valence-corrected chi connectivity index (χ0v) is 11.4. The maximum atomic E-state index is 12.4. The Bertz CT molecular complexity index is 586. The third kappa shape index (κ3) is 3.23. The van der Waals surface area contributed by atoms with E-state index in [4.69, 9.17) is 16.0 Å². The maximum Gasteiger partial charge on any atom is 0.230 e. The van der Waals surface area contributed by atoms with E-state index in [2.05, 4.69) is 4.98 Å². The molecule has 0 unspecified atom stereocenters. The van der Waals surface area contributed by atoms with Gasteiger partial charge in [0.1, 0.15) is 5.15 Å². The molecule has 0 aliphatic heterocycles. The van der Waals surface area contributed by atoms with Crippen molar-refractivity contribution in [3.63, 3.8) is 0 Å². The number of allylic oxidation sites excluding steroid dienone is 1. The molecule has 0 radical (unpaired) electrons. The lowest BCUT2D eigenvalue weighted by Gasteiger charge is -2.10. The van der Waals surface area contributed by atoms with E-state index in [1.54, 1.807) is 41.6 Å². The normalized spacial score (nSPS) is 11.4. The van der Waals surface area contributed by atoms with E-state index in [9.17, 15) is 4.79 Å². The summed E-state index contributed by atoms with van der Waals surface area (Å²) in [6.07, 6.45) is 4.77. The highest BCUT2D eigenvalue weighted by molar-refractivity contribution is 6.30. The molecule has 0 aromatic carbocycles. The van der Waals surface area contributed by atoms with Crippen LogP contribution in [0.3, 0.4) is 0 Å². The first-order valence-corrected chi connectivity index (χ1v) is 6.04. The topological polar surface area (TPSA) is 46.3 Å². The Balaban J connectivity index is 2.42. The largest absolute Gasteiger partial charge is 0.461 e. The van der Waals surface area contributed by atoms with Gasteiger partial charge in [-0.05, 0) is 24.3 Å². The van der Waals surface area contributed by atoms with Gasteiger partial charge in [-0.2, -0.15) is 0 Å². The van der Waals surface area contributed by atoms with E-state index in [0.29, 0.717) is 22.0 Å². The summed E-state index contributed by atoms with van der Waals surface area (Å²) < 4.78 is 5.15. The highest BCUT2D eigenvalue weighted by atomic mass is 35.5. The monoisotopic (exact) mass is 276 g/mol. The number of pyridine rings is 1. The Morgan fingerprint density at radius 3 is 2.68 bits per heavy atom. The first-order chi connectivity index (χ1) is 9.08. The molecule has 0 saturated heterocycles. The van der Waals surface area contributed by atoms with Crippen molar-refractivity contribution >= 4 is 23.0 Å². The van der Waals surface area contributed by atoms with Crippen molar-refractivity contribution in [2.75, 3.05) is 14.1 Å². The lowest BCUT2D eigenvalue weighted by Crippen LogP contribution is -2.09. The fraction of sp³-hybridized carbons (Fsp3) is 0.143. The number of halogens is 1. The molecule has 2 rings (SSSR count). The van der Waals surface area contributed by atoms with Crippen LogP contribution in [-0.2, 0) is 0 Å². The summed E-state index contributed by atoms with van der Waals surface area (Å²) in [5, 5.41) is 0.387. The Morgan fingerprint density at radius 2 is 2.16 bits per heavy atom. The Kier molecular flexibility index (Phi) is 4.02.